The lowest BCUT2D eigenvalue weighted by molar-refractivity contribution is -0.152. The second-order valence-electron chi connectivity index (χ2n) is 13.2. The van der Waals surface area contributed by atoms with Crippen molar-refractivity contribution in [2.24, 2.45) is 5.92 Å². The van der Waals surface area contributed by atoms with E-state index in [2.05, 4.69) is 32.9 Å². The van der Waals surface area contributed by atoms with E-state index in [4.69, 9.17) is 14.2 Å². The minimum Gasteiger partial charge on any atom is -0.463 e. The maximum absolute atomic E-state index is 11.9. The molecule has 1 fully saturated rings. The van der Waals surface area contributed by atoms with Crippen LogP contribution in [-0.2, 0) is 23.8 Å². The average molecular weight is 609 g/mol. The summed E-state index contributed by atoms with van der Waals surface area (Å²) in [5.41, 5.74) is 0. The van der Waals surface area contributed by atoms with Gasteiger partial charge >= 0.3 is 11.9 Å². The predicted octanol–water partition coefficient (Wildman–Crippen LogP) is 9.80. The molecule has 2 unspecified atom stereocenters. The van der Waals surface area contributed by atoms with E-state index in [1.54, 1.807) is 0 Å². The highest BCUT2D eigenvalue weighted by Crippen LogP contribution is 2.30. The smallest absolute Gasteiger partial charge is 0.305 e. The van der Waals surface area contributed by atoms with Gasteiger partial charge in [-0.15, -0.1) is 0 Å². The molecule has 6 heteroatoms. The van der Waals surface area contributed by atoms with Crippen LogP contribution in [0.15, 0.2) is 12.2 Å². The van der Waals surface area contributed by atoms with Gasteiger partial charge in [0, 0.05) is 12.8 Å². The Kier molecular flexibility index (Phi) is 25.9. The van der Waals surface area contributed by atoms with Crippen molar-refractivity contribution in [3.8, 4) is 0 Å². The van der Waals surface area contributed by atoms with Crippen LogP contribution in [0.3, 0.4) is 0 Å². The van der Waals surface area contributed by atoms with Crippen molar-refractivity contribution >= 4 is 11.9 Å². The molecule has 0 saturated carbocycles. The van der Waals surface area contributed by atoms with Crippen LogP contribution in [0.2, 0.25) is 0 Å². The highest BCUT2D eigenvalue weighted by Gasteiger charge is 2.36. The Morgan fingerprint density at radius 1 is 0.674 bits per heavy atom. The van der Waals surface area contributed by atoms with Crippen molar-refractivity contribution in [2.75, 3.05) is 13.2 Å². The molecule has 0 bridgehead atoms. The summed E-state index contributed by atoms with van der Waals surface area (Å²) in [5.74, 6) is 0.243. The van der Waals surface area contributed by atoms with Crippen molar-refractivity contribution in [1.82, 2.24) is 0 Å². The van der Waals surface area contributed by atoms with Crippen LogP contribution in [0, 0.1) is 5.92 Å². The molecule has 0 amide bonds. The summed E-state index contributed by atoms with van der Waals surface area (Å²) in [6.07, 6.45) is 31.5. The molecule has 0 radical (unpaired) electrons. The Bertz CT molecular complexity index is 691. The Balaban J connectivity index is 1.82. The summed E-state index contributed by atoms with van der Waals surface area (Å²) in [5, 5.41) is 9.99. The van der Waals surface area contributed by atoms with E-state index >= 15 is 0 Å². The summed E-state index contributed by atoms with van der Waals surface area (Å²) >= 11 is 0. The van der Waals surface area contributed by atoms with Crippen molar-refractivity contribution < 1.29 is 28.9 Å². The molecule has 1 saturated heterocycles. The van der Waals surface area contributed by atoms with E-state index in [0.717, 1.165) is 57.3 Å². The van der Waals surface area contributed by atoms with Gasteiger partial charge < -0.3 is 19.3 Å². The average Bonchev–Trinajstić information content (AvgIpc) is 3.74. The maximum atomic E-state index is 11.9. The minimum absolute atomic E-state index is 0.120. The van der Waals surface area contributed by atoms with Crippen molar-refractivity contribution in [1.29, 1.82) is 0 Å². The number of ether oxygens (including phenoxy) is 3. The Labute approximate surface area is 265 Å². The number of unbranched alkanes of at least 4 members (excludes halogenated alkanes) is 16. The fourth-order valence-electron chi connectivity index (χ4n) is 5.45. The van der Waals surface area contributed by atoms with E-state index < -0.39 is 6.10 Å². The van der Waals surface area contributed by atoms with Crippen LogP contribution < -0.4 is 0 Å². The third-order valence-corrected chi connectivity index (χ3v) is 8.35. The third kappa shape index (κ3) is 26.7. The zero-order chi connectivity index (χ0) is 31.4. The standard InChI is InChI=1S/C37H68O6/c1-4-5-20-26-34-35(43-34)27-22-17-13-10-11-15-19-24-29-37(40)42-31-33(38)30-41-36(39)28-23-18-14-9-7-6-8-12-16-21-25-32(2)3/h17,22,32-35,38H,4-16,18-21,23-31H2,1-3H3/b22-17-/t33-,34?,35?/m1/s1. The fraction of sp³-hybridized carbons (Fsp3) is 0.892. The third-order valence-electron chi connectivity index (χ3n) is 8.35. The molecule has 0 aliphatic carbocycles. The SMILES string of the molecule is CCCCCC1OC1C/C=C\CCCCCCCC(=O)OC[C@H](O)COC(=O)CCCCCCCCCCCCC(C)C. The number of carbonyl (C=O) groups excluding carboxylic acids is 2. The summed E-state index contributed by atoms with van der Waals surface area (Å²) in [4.78, 5) is 23.9. The number of epoxide rings is 1. The highest BCUT2D eigenvalue weighted by molar-refractivity contribution is 5.69. The lowest BCUT2D eigenvalue weighted by Gasteiger charge is -2.12. The molecule has 1 aliphatic rings. The van der Waals surface area contributed by atoms with Gasteiger partial charge in [-0.1, -0.05) is 136 Å². The summed E-state index contributed by atoms with van der Waals surface area (Å²) < 4.78 is 16.0. The second-order valence-corrected chi connectivity index (χ2v) is 13.2. The number of esters is 2. The first-order valence-electron chi connectivity index (χ1n) is 18.2. The predicted molar refractivity (Wildman–Crippen MR) is 177 cm³/mol. The van der Waals surface area contributed by atoms with Crippen LogP contribution in [0.25, 0.3) is 0 Å². The quantitative estimate of drug-likeness (QED) is 0.0365. The topological polar surface area (TPSA) is 85.4 Å². The number of hydrogen-bond acceptors (Lipinski definition) is 6. The first-order chi connectivity index (χ1) is 20.9. The van der Waals surface area contributed by atoms with E-state index in [-0.39, 0.29) is 25.2 Å². The molecular formula is C37H68O6. The van der Waals surface area contributed by atoms with Crippen LogP contribution in [0.1, 0.15) is 175 Å². The van der Waals surface area contributed by atoms with Crippen molar-refractivity contribution in [3.05, 3.63) is 12.2 Å². The van der Waals surface area contributed by atoms with Gasteiger partial charge in [0.2, 0.25) is 0 Å². The van der Waals surface area contributed by atoms with Gasteiger partial charge in [-0.3, -0.25) is 9.59 Å². The molecule has 0 aromatic rings. The van der Waals surface area contributed by atoms with Gasteiger partial charge in [0.1, 0.15) is 19.3 Å². The normalized spacial score (nSPS) is 17.0. The van der Waals surface area contributed by atoms with Gasteiger partial charge in [-0.2, -0.15) is 0 Å². The highest BCUT2D eigenvalue weighted by atomic mass is 16.6. The first kappa shape index (κ1) is 39.6. The largest absolute Gasteiger partial charge is 0.463 e. The number of rotatable bonds is 31. The van der Waals surface area contributed by atoms with Crippen LogP contribution in [0.5, 0.6) is 0 Å². The summed E-state index contributed by atoms with van der Waals surface area (Å²) in [6, 6.07) is 0. The van der Waals surface area contributed by atoms with Gasteiger partial charge in [0.25, 0.3) is 0 Å². The Morgan fingerprint density at radius 3 is 1.72 bits per heavy atom. The van der Waals surface area contributed by atoms with Crippen LogP contribution >= 0.6 is 0 Å². The molecule has 1 rings (SSSR count). The molecule has 1 heterocycles. The number of aliphatic hydroxyl groups excluding tert-OH is 1. The van der Waals surface area contributed by atoms with E-state index in [9.17, 15) is 14.7 Å². The van der Waals surface area contributed by atoms with E-state index in [0.29, 0.717) is 25.0 Å². The molecule has 1 aliphatic heterocycles. The lowest BCUT2D eigenvalue weighted by Crippen LogP contribution is -2.25. The van der Waals surface area contributed by atoms with E-state index in [1.807, 2.05) is 0 Å². The molecular weight excluding hydrogens is 540 g/mol. The molecule has 43 heavy (non-hydrogen) atoms. The van der Waals surface area contributed by atoms with Crippen LogP contribution in [0.4, 0.5) is 0 Å². The van der Waals surface area contributed by atoms with Gasteiger partial charge in [-0.05, 0) is 44.4 Å². The molecule has 0 aromatic heterocycles. The van der Waals surface area contributed by atoms with Gasteiger partial charge in [0.15, 0.2) is 0 Å². The summed E-state index contributed by atoms with van der Waals surface area (Å²) in [7, 11) is 0. The van der Waals surface area contributed by atoms with Crippen molar-refractivity contribution in [2.45, 2.75) is 193 Å². The Morgan fingerprint density at radius 2 is 1.19 bits per heavy atom. The number of carbonyl (C=O) groups is 2. The maximum Gasteiger partial charge on any atom is 0.305 e. The minimum atomic E-state index is -0.968. The number of allylic oxidation sites excluding steroid dienone is 1. The lowest BCUT2D eigenvalue weighted by atomic mass is 10.0. The molecule has 6 nitrogen and oxygen atoms in total. The number of aliphatic hydroxyl groups is 1. The molecule has 1 N–H and O–H groups in total. The second kappa shape index (κ2) is 28.1. The zero-order valence-electron chi connectivity index (χ0n) is 28.3. The van der Waals surface area contributed by atoms with Gasteiger partial charge in [0.05, 0.1) is 12.2 Å². The fourth-order valence-corrected chi connectivity index (χ4v) is 5.45. The molecule has 0 spiro atoms. The van der Waals surface area contributed by atoms with E-state index in [1.165, 1.54) is 89.9 Å². The zero-order valence-corrected chi connectivity index (χ0v) is 28.3. The van der Waals surface area contributed by atoms with Crippen LogP contribution in [-0.4, -0.2) is 48.6 Å². The van der Waals surface area contributed by atoms with Crippen molar-refractivity contribution in [3.63, 3.8) is 0 Å². The molecule has 3 atom stereocenters. The van der Waals surface area contributed by atoms with Gasteiger partial charge in [-0.25, -0.2) is 0 Å². The first-order valence-corrected chi connectivity index (χ1v) is 18.2. The molecule has 0 aromatic carbocycles. The number of hydrogen-bond donors (Lipinski definition) is 1. The Hall–Kier alpha value is -1.40. The monoisotopic (exact) mass is 609 g/mol. The summed E-state index contributed by atoms with van der Waals surface area (Å²) in [6.45, 7) is 6.58. The molecule has 252 valence electrons.